The van der Waals surface area contributed by atoms with Crippen molar-refractivity contribution in [3.8, 4) is 0 Å². The molecule has 0 radical (unpaired) electrons. The Morgan fingerprint density at radius 2 is 1.65 bits per heavy atom. The third kappa shape index (κ3) is 11.4. The van der Waals surface area contributed by atoms with Crippen LogP contribution in [0.4, 0.5) is 0 Å². The first-order valence-corrected chi connectivity index (χ1v) is 14.9. The Bertz CT molecular complexity index is 1040. The van der Waals surface area contributed by atoms with Crippen molar-refractivity contribution in [2.45, 2.75) is 116 Å². The molecule has 10 atom stereocenters. The molecule has 0 spiro atoms. The number of aliphatic hydroxyl groups is 4. The lowest BCUT2D eigenvalue weighted by Crippen LogP contribution is -2.58. The van der Waals surface area contributed by atoms with Crippen molar-refractivity contribution < 1.29 is 48.9 Å². The second kappa shape index (κ2) is 18.0. The van der Waals surface area contributed by atoms with Crippen molar-refractivity contribution in [1.29, 1.82) is 0 Å². The van der Waals surface area contributed by atoms with Gasteiger partial charge in [0.15, 0.2) is 6.29 Å². The molecule has 4 N–H and O–H groups in total. The van der Waals surface area contributed by atoms with Gasteiger partial charge in [0.2, 0.25) is 0 Å². The van der Waals surface area contributed by atoms with Crippen molar-refractivity contribution >= 4 is 5.97 Å². The Labute approximate surface area is 256 Å². The Morgan fingerprint density at radius 3 is 2.28 bits per heavy atom. The SMILES string of the molecule is COC1C[C@@H](CO)OC(=O)\C(C)=C/C(C)=C/C(C)=C/[C@@H](C)C(O[C@@H]2O[C@@H](C)[C@H](OC)[C@@H](O)[C@@H]2O)/C=C\C(C)=C\CC[C@@H]1O. The fourth-order valence-corrected chi connectivity index (χ4v) is 5.36. The molecule has 244 valence electrons. The first-order valence-electron chi connectivity index (χ1n) is 14.9. The lowest BCUT2D eigenvalue weighted by molar-refractivity contribution is -0.305. The molecule has 0 saturated carbocycles. The van der Waals surface area contributed by atoms with E-state index in [-0.39, 0.29) is 18.9 Å². The first-order chi connectivity index (χ1) is 20.3. The lowest BCUT2D eigenvalue weighted by Gasteiger charge is -2.41. The molecule has 0 bridgehead atoms. The molecule has 10 nitrogen and oxygen atoms in total. The lowest BCUT2D eigenvalue weighted by atomic mass is 9.97. The largest absolute Gasteiger partial charge is 0.456 e. The predicted octanol–water partition coefficient (Wildman–Crippen LogP) is 3.29. The monoisotopic (exact) mass is 608 g/mol. The summed E-state index contributed by atoms with van der Waals surface area (Å²) >= 11 is 0. The summed E-state index contributed by atoms with van der Waals surface area (Å²) in [7, 11) is 2.93. The van der Waals surface area contributed by atoms with E-state index in [0.29, 0.717) is 18.4 Å². The zero-order valence-corrected chi connectivity index (χ0v) is 26.8. The summed E-state index contributed by atoms with van der Waals surface area (Å²) in [6, 6.07) is 0. The van der Waals surface area contributed by atoms with E-state index in [2.05, 4.69) is 0 Å². The molecule has 2 aliphatic rings. The molecule has 2 heterocycles. The number of allylic oxidation sites excluding steroid dienone is 7. The van der Waals surface area contributed by atoms with Crippen LogP contribution < -0.4 is 0 Å². The van der Waals surface area contributed by atoms with Crippen molar-refractivity contribution in [3.63, 3.8) is 0 Å². The number of hydrogen-bond donors (Lipinski definition) is 4. The van der Waals surface area contributed by atoms with E-state index in [9.17, 15) is 25.2 Å². The van der Waals surface area contributed by atoms with Gasteiger partial charge in [-0.05, 0) is 53.5 Å². The number of aliphatic hydroxyl groups excluding tert-OH is 4. The molecule has 2 rings (SSSR count). The number of methoxy groups -OCH3 is 2. The van der Waals surface area contributed by atoms with E-state index in [1.54, 1.807) is 19.9 Å². The molecule has 0 aromatic heterocycles. The van der Waals surface area contributed by atoms with E-state index in [4.69, 9.17) is 23.7 Å². The Morgan fingerprint density at radius 1 is 0.953 bits per heavy atom. The van der Waals surface area contributed by atoms with Crippen LogP contribution >= 0.6 is 0 Å². The van der Waals surface area contributed by atoms with Crippen molar-refractivity contribution in [1.82, 2.24) is 0 Å². The summed E-state index contributed by atoms with van der Waals surface area (Å²) in [5.41, 5.74) is 3.05. The van der Waals surface area contributed by atoms with Crippen LogP contribution in [-0.4, -0.2) is 102 Å². The van der Waals surface area contributed by atoms with Gasteiger partial charge in [-0.3, -0.25) is 0 Å². The summed E-state index contributed by atoms with van der Waals surface area (Å²) < 4.78 is 28.5. The highest BCUT2D eigenvalue weighted by Crippen LogP contribution is 2.27. The number of rotatable bonds is 5. The van der Waals surface area contributed by atoms with Gasteiger partial charge in [0, 0.05) is 32.1 Å². The summed E-state index contributed by atoms with van der Waals surface area (Å²) in [6.07, 6.45) is 5.02. The Kier molecular flexibility index (Phi) is 15.5. The fourth-order valence-electron chi connectivity index (χ4n) is 5.36. The number of carbonyl (C=O) groups is 1. The molecule has 0 aliphatic carbocycles. The van der Waals surface area contributed by atoms with Crippen LogP contribution in [0.2, 0.25) is 0 Å². The summed E-state index contributed by atoms with van der Waals surface area (Å²) in [6.45, 7) is 10.7. The highest BCUT2D eigenvalue weighted by Gasteiger charge is 2.44. The van der Waals surface area contributed by atoms with E-state index in [1.165, 1.54) is 14.2 Å². The maximum absolute atomic E-state index is 12.8. The van der Waals surface area contributed by atoms with Crippen molar-refractivity contribution in [3.05, 3.63) is 58.7 Å². The maximum atomic E-state index is 12.8. The predicted molar refractivity (Wildman–Crippen MR) is 163 cm³/mol. The van der Waals surface area contributed by atoms with Gasteiger partial charge in [0.1, 0.15) is 24.4 Å². The van der Waals surface area contributed by atoms with Crippen LogP contribution in [-0.2, 0) is 28.5 Å². The Balaban J connectivity index is 2.43. The normalized spacial score (nSPS) is 41.7. The first kappa shape index (κ1) is 37.0. The van der Waals surface area contributed by atoms with Crippen molar-refractivity contribution in [2.75, 3.05) is 20.8 Å². The molecular weight excluding hydrogens is 556 g/mol. The molecule has 0 amide bonds. The minimum Gasteiger partial charge on any atom is -0.456 e. The van der Waals surface area contributed by atoms with E-state index < -0.39 is 61.1 Å². The number of ether oxygens (including phenoxy) is 5. The highest BCUT2D eigenvalue weighted by atomic mass is 16.7. The molecule has 0 aromatic carbocycles. The van der Waals surface area contributed by atoms with Gasteiger partial charge >= 0.3 is 5.97 Å². The minimum absolute atomic E-state index is 0.150. The number of esters is 1. The number of hydrogen-bond acceptors (Lipinski definition) is 10. The number of cyclic esters (lactones) is 1. The summed E-state index contributed by atoms with van der Waals surface area (Å²) in [5.74, 6) is -0.734. The maximum Gasteiger partial charge on any atom is 0.334 e. The molecule has 2 aliphatic heterocycles. The molecule has 10 heteroatoms. The third-order valence-electron chi connectivity index (χ3n) is 7.79. The van der Waals surface area contributed by atoms with Gasteiger partial charge in [-0.2, -0.15) is 0 Å². The van der Waals surface area contributed by atoms with Gasteiger partial charge in [-0.15, -0.1) is 0 Å². The van der Waals surface area contributed by atoms with E-state index in [0.717, 1.165) is 16.7 Å². The quantitative estimate of drug-likeness (QED) is 0.343. The van der Waals surface area contributed by atoms with Crippen LogP contribution in [0.25, 0.3) is 0 Å². The van der Waals surface area contributed by atoms with Gasteiger partial charge in [-0.25, -0.2) is 4.79 Å². The average molecular weight is 609 g/mol. The fraction of sp³-hybridized carbons (Fsp3) is 0.667. The standard InChI is InChI=1S/C33H52O10/c1-19-10-9-11-26(35)28(39-7)17-25(18-34)42-32(38)23(5)16-21(3)14-20(2)15-22(4)27(13-12-19)43-33-30(37)29(36)31(40-8)24(6)41-33/h10,12-16,22,24-31,33-37H,9,11,17-18H2,1-8H3/b13-12-,19-10+,20-15+,21-14+,23-16-/t22-,24+,25+,26+,27?,28?,29+,30+,31+,33+/m1/s1. The van der Waals surface area contributed by atoms with E-state index >= 15 is 0 Å². The summed E-state index contributed by atoms with van der Waals surface area (Å²) in [4.78, 5) is 12.8. The Hall–Kier alpha value is -2.15. The van der Waals surface area contributed by atoms with E-state index in [1.807, 2.05) is 58.1 Å². The third-order valence-corrected chi connectivity index (χ3v) is 7.79. The summed E-state index contributed by atoms with van der Waals surface area (Å²) in [5, 5.41) is 41.9. The second-order valence-corrected chi connectivity index (χ2v) is 11.6. The molecule has 1 fully saturated rings. The van der Waals surface area contributed by atoms with Crippen LogP contribution in [0.3, 0.4) is 0 Å². The highest BCUT2D eigenvalue weighted by molar-refractivity contribution is 5.88. The van der Waals surface area contributed by atoms with Crippen LogP contribution in [0.1, 0.15) is 60.8 Å². The van der Waals surface area contributed by atoms with Crippen molar-refractivity contribution in [2.24, 2.45) is 5.92 Å². The second-order valence-electron chi connectivity index (χ2n) is 11.6. The van der Waals surface area contributed by atoms with Crippen LogP contribution in [0.5, 0.6) is 0 Å². The van der Waals surface area contributed by atoms with Crippen LogP contribution in [0, 0.1) is 5.92 Å². The smallest absolute Gasteiger partial charge is 0.334 e. The van der Waals surface area contributed by atoms with Gasteiger partial charge in [0.25, 0.3) is 0 Å². The molecule has 43 heavy (non-hydrogen) atoms. The molecule has 2 unspecified atom stereocenters. The molecule has 0 aromatic rings. The zero-order valence-electron chi connectivity index (χ0n) is 26.8. The number of carbonyl (C=O) groups excluding carboxylic acids is 1. The topological polar surface area (TPSA) is 144 Å². The zero-order chi connectivity index (χ0) is 32.3. The van der Waals surface area contributed by atoms with Gasteiger partial charge in [0.05, 0.1) is 31.0 Å². The molecular formula is C33H52O10. The average Bonchev–Trinajstić information content (AvgIpc) is 2.94. The van der Waals surface area contributed by atoms with Gasteiger partial charge in [-0.1, -0.05) is 54.0 Å². The molecule has 1 saturated heterocycles. The van der Waals surface area contributed by atoms with Gasteiger partial charge < -0.3 is 44.1 Å². The van der Waals surface area contributed by atoms with Crippen LogP contribution in [0.15, 0.2) is 58.7 Å². The minimum atomic E-state index is -1.31.